The molecule has 0 aliphatic carbocycles. The molecule has 1 aromatic rings. The van der Waals surface area contributed by atoms with Crippen LogP contribution in [0.4, 0.5) is 0 Å². The summed E-state index contributed by atoms with van der Waals surface area (Å²) in [7, 11) is 0. The van der Waals surface area contributed by atoms with Crippen LogP contribution in [0.3, 0.4) is 0 Å². The van der Waals surface area contributed by atoms with E-state index < -0.39 is 5.54 Å². The van der Waals surface area contributed by atoms with Crippen LogP contribution in [0.15, 0.2) is 18.2 Å². The summed E-state index contributed by atoms with van der Waals surface area (Å²) in [5, 5.41) is 3.21. The van der Waals surface area contributed by atoms with Crippen molar-refractivity contribution in [2.45, 2.75) is 40.2 Å². The first-order chi connectivity index (χ1) is 7.38. The van der Waals surface area contributed by atoms with Crippen molar-refractivity contribution in [2.75, 3.05) is 6.54 Å². The molecule has 16 heavy (non-hydrogen) atoms. The van der Waals surface area contributed by atoms with E-state index in [1.54, 1.807) is 0 Å². The van der Waals surface area contributed by atoms with Crippen LogP contribution in [0.1, 0.15) is 42.3 Å². The second kappa shape index (κ2) is 4.79. The summed E-state index contributed by atoms with van der Waals surface area (Å²) < 4.78 is 0. The topological polar surface area (TPSA) is 29.1 Å². The highest BCUT2D eigenvalue weighted by molar-refractivity contribution is 6.03. The molecule has 2 nitrogen and oxygen atoms in total. The predicted molar refractivity (Wildman–Crippen MR) is 68.0 cm³/mol. The largest absolute Gasteiger partial charge is 0.305 e. The van der Waals surface area contributed by atoms with Crippen LogP contribution in [-0.2, 0) is 0 Å². The van der Waals surface area contributed by atoms with E-state index in [1.165, 1.54) is 5.56 Å². The lowest BCUT2D eigenvalue weighted by Crippen LogP contribution is -2.46. The van der Waals surface area contributed by atoms with Crippen LogP contribution in [-0.4, -0.2) is 17.9 Å². The third-order valence-electron chi connectivity index (χ3n) is 2.81. The van der Waals surface area contributed by atoms with Crippen molar-refractivity contribution in [1.82, 2.24) is 5.32 Å². The standard InChI is InChI=1S/C14H21NO/c1-6-15-14(4,5)13(16)12-8-7-10(2)9-11(12)3/h7-9,15H,6H2,1-5H3. The molecule has 0 heterocycles. The van der Waals surface area contributed by atoms with E-state index in [4.69, 9.17) is 0 Å². The highest BCUT2D eigenvalue weighted by atomic mass is 16.1. The number of carbonyl (C=O) groups excluding carboxylic acids is 1. The van der Waals surface area contributed by atoms with Crippen molar-refractivity contribution in [2.24, 2.45) is 0 Å². The molecule has 0 saturated heterocycles. The number of likely N-dealkylation sites (N-methyl/N-ethyl adjacent to an activating group) is 1. The van der Waals surface area contributed by atoms with Crippen molar-refractivity contribution in [1.29, 1.82) is 0 Å². The van der Waals surface area contributed by atoms with Gasteiger partial charge in [-0.25, -0.2) is 0 Å². The van der Waals surface area contributed by atoms with Gasteiger partial charge in [0.2, 0.25) is 0 Å². The van der Waals surface area contributed by atoms with Gasteiger partial charge in [0.1, 0.15) is 0 Å². The first-order valence-electron chi connectivity index (χ1n) is 5.75. The molecule has 0 fully saturated rings. The number of nitrogens with one attached hydrogen (secondary N) is 1. The lowest BCUT2D eigenvalue weighted by molar-refractivity contribution is 0.0883. The van der Waals surface area contributed by atoms with Crippen molar-refractivity contribution in [3.63, 3.8) is 0 Å². The molecule has 0 amide bonds. The summed E-state index contributed by atoms with van der Waals surface area (Å²) in [5.41, 5.74) is 2.57. The molecular formula is C14H21NO. The highest BCUT2D eigenvalue weighted by Crippen LogP contribution is 2.17. The van der Waals surface area contributed by atoms with Crippen LogP contribution in [0.2, 0.25) is 0 Å². The quantitative estimate of drug-likeness (QED) is 0.789. The van der Waals surface area contributed by atoms with E-state index in [0.29, 0.717) is 0 Å². The molecule has 0 saturated carbocycles. The number of ketones is 1. The Balaban J connectivity index is 3.05. The molecule has 0 aromatic heterocycles. The van der Waals surface area contributed by atoms with Crippen LogP contribution < -0.4 is 5.32 Å². The SMILES string of the molecule is CCNC(C)(C)C(=O)c1ccc(C)cc1C. The van der Waals surface area contributed by atoms with Gasteiger partial charge < -0.3 is 5.32 Å². The number of hydrogen-bond donors (Lipinski definition) is 1. The summed E-state index contributed by atoms with van der Waals surface area (Å²) in [5.74, 6) is 0.159. The Morgan fingerprint density at radius 3 is 2.44 bits per heavy atom. The Kier molecular flexibility index (Phi) is 3.87. The predicted octanol–water partition coefficient (Wildman–Crippen LogP) is 2.87. The van der Waals surface area contributed by atoms with Gasteiger partial charge >= 0.3 is 0 Å². The minimum atomic E-state index is -0.491. The molecule has 0 aliphatic rings. The highest BCUT2D eigenvalue weighted by Gasteiger charge is 2.28. The number of carbonyl (C=O) groups is 1. The maximum absolute atomic E-state index is 12.3. The minimum Gasteiger partial charge on any atom is -0.305 e. The smallest absolute Gasteiger partial charge is 0.182 e. The fraction of sp³-hybridized carbons (Fsp3) is 0.500. The van der Waals surface area contributed by atoms with E-state index in [9.17, 15) is 4.79 Å². The minimum absolute atomic E-state index is 0.159. The molecule has 0 spiro atoms. The summed E-state index contributed by atoms with van der Waals surface area (Å²) >= 11 is 0. The molecule has 0 bridgehead atoms. The fourth-order valence-electron chi connectivity index (χ4n) is 1.93. The van der Waals surface area contributed by atoms with Crippen LogP contribution in [0.5, 0.6) is 0 Å². The number of Topliss-reactive ketones (excluding diaryl/α,β-unsaturated/α-hetero) is 1. The summed E-state index contributed by atoms with van der Waals surface area (Å²) in [6.07, 6.45) is 0. The van der Waals surface area contributed by atoms with Gasteiger partial charge in [0.05, 0.1) is 5.54 Å². The second-order valence-corrected chi connectivity index (χ2v) is 4.80. The Morgan fingerprint density at radius 1 is 1.31 bits per heavy atom. The Bertz CT molecular complexity index is 394. The second-order valence-electron chi connectivity index (χ2n) is 4.80. The van der Waals surface area contributed by atoms with Crippen molar-refractivity contribution in [3.8, 4) is 0 Å². The molecule has 1 N–H and O–H groups in total. The molecule has 1 rings (SSSR count). The molecule has 88 valence electrons. The zero-order valence-electron chi connectivity index (χ0n) is 10.8. The summed E-state index contributed by atoms with van der Waals surface area (Å²) in [4.78, 5) is 12.3. The van der Waals surface area contributed by atoms with E-state index in [2.05, 4.69) is 11.4 Å². The monoisotopic (exact) mass is 219 g/mol. The average Bonchev–Trinajstić information content (AvgIpc) is 2.16. The third-order valence-corrected chi connectivity index (χ3v) is 2.81. The van der Waals surface area contributed by atoms with Gasteiger partial charge in [-0.3, -0.25) is 4.79 Å². The first-order valence-corrected chi connectivity index (χ1v) is 5.75. The maximum Gasteiger partial charge on any atom is 0.182 e. The molecule has 2 heteroatoms. The van der Waals surface area contributed by atoms with Crippen LogP contribution in [0.25, 0.3) is 0 Å². The van der Waals surface area contributed by atoms with Gasteiger partial charge in [0.25, 0.3) is 0 Å². The number of benzene rings is 1. The van der Waals surface area contributed by atoms with Gasteiger partial charge in [-0.15, -0.1) is 0 Å². The number of hydrogen-bond acceptors (Lipinski definition) is 2. The van der Waals surface area contributed by atoms with Crippen LogP contribution >= 0.6 is 0 Å². The zero-order valence-corrected chi connectivity index (χ0v) is 10.8. The van der Waals surface area contributed by atoms with Gasteiger partial charge in [0, 0.05) is 5.56 Å². The number of rotatable bonds is 4. The van der Waals surface area contributed by atoms with Crippen molar-refractivity contribution >= 4 is 5.78 Å². The lowest BCUT2D eigenvalue weighted by atomic mass is 9.90. The fourth-order valence-corrected chi connectivity index (χ4v) is 1.93. The van der Waals surface area contributed by atoms with E-state index in [1.807, 2.05) is 46.8 Å². The Hall–Kier alpha value is -1.15. The molecular weight excluding hydrogens is 198 g/mol. The van der Waals surface area contributed by atoms with Crippen LogP contribution in [0, 0.1) is 13.8 Å². The normalized spacial score (nSPS) is 11.6. The molecule has 0 unspecified atom stereocenters. The van der Waals surface area contributed by atoms with Crippen molar-refractivity contribution < 1.29 is 4.79 Å². The van der Waals surface area contributed by atoms with E-state index in [0.717, 1.165) is 17.7 Å². The maximum atomic E-state index is 12.3. The molecule has 1 aromatic carbocycles. The van der Waals surface area contributed by atoms with Gasteiger partial charge in [-0.1, -0.05) is 30.7 Å². The molecule has 0 radical (unpaired) electrons. The lowest BCUT2D eigenvalue weighted by Gasteiger charge is -2.25. The van der Waals surface area contributed by atoms with E-state index in [-0.39, 0.29) is 5.78 Å². The van der Waals surface area contributed by atoms with Gasteiger partial charge in [0.15, 0.2) is 5.78 Å². The molecule has 0 atom stereocenters. The van der Waals surface area contributed by atoms with Gasteiger partial charge in [-0.2, -0.15) is 0 Å². The summed E-state index contributed by atoms with van der Waals surface area (Å²) in [6, 6.07) is 5.96. The zero-order chi connectivity index (χ0) is 12.3. The summed E-state index contributed by atoms with van der Waals surface area (Å²) in [6.45, 7) is 10.7. The van der Waals surface area contributed by atoms with E-state index >= 15 is 0 Å². The number of aryl methyl sites for hydroxylation is 2. The Morgan fingerprint density at radius 2 is 1.94 bits per heavy atom. The Labute approximate surface area is 98.1 Å². The average molecular weight is 219 g/mol. The van der Waals surface area contributed by atoms with Gasteiger partial charge in [-0.05, 0) is 39.8 Å². The molecule has 0 aliphatic heterocycles. The first kappa shape index (κ1) is 12.9. The van der Waals surface area contributed by atoms with Crippen molar-refractivity contribution in [3.05, 3.63) is 34.9 Å². The third kappa shape index (κ3) is 2.70.